The molecular formula is C16H23NO3. The molecule has 4 unspecified atom stereocenters. The number of nitrogens with zero attached hydrogens (tertiary/aromatic N) is 1. The summed E-state index contributed by atoms with van der Waals surface area (Å²) in [5.41, 5.74) is 0.257. The normalized spacial score (nSPS) is 33.4. The lowest BCUT2D eigenvalue weighted by Gasteiger charge is -2.60. The fraction of sp³-hybridized carbons (Fsp3) is 0.812. The molecule has 0 aromatic rings. The van der Waals surface area contributed by atoms with Crippen LogP contribution in [-0.2, 0) is 9.53 Å². The third kappa shape index (κ3) is 2.72. The van der Waals surface area contributed by atoms with Gasteiger partial charge in [-0.1, -0.05) is 24.9 Å². The number of hydrogen-bond acceptors (Lipinski definition) is 4. The Morgan fingerprint density at radius 1 is 1.35 bits per heavy atom. The van der Waals surface area contributed by atoms with Crippen LogP contribution in [0.4, 0.5) is 0 Å². The highest BCUT2D eigenvalue weighted by atomic mass is 16.5. The first kappa shape index (κ1) is 15.0. The van der Waals surface area contributed by atoms with Gasteiger partial charge in [0.2, 0.25) is 0 Å². The van der Waals surface area contributed by atoms with Gasteiger partial charge in [0.25, 0.3) is 0 Å². The highest BCUT2D eigenvalue weighted by Crippen LogP contribution is 2.61. The van der Waals surface area contributed by atoms with Gasteiger partial charge in [0, 0.05) is 6.42 Å². The Hall–Kier alpha value is -1.37. The van der Waals surface area contributed by atoms with Crippen molar-refractivity contribution in [2.45, 2.75) is 52.5 Å². The quantitative estimate of drug-likeness (QED) is 0.450. The van der Waals surface area contributed by atoms with Gasteiger partial charge >= 0.3 is 5.97 Å². The summed E-state index contributed by atoms with van der Waals surface area (Å²) in [6.45, 7) is 6.65. The summed E-state index contributed by atoms with van der Waals surface area (Å²) >= 11 is 0. The Morgan fingerprint density at radius 3 is 2.70 bits per heavy atom. The lowest BCUT2D eigenvalue weighted by atomic mass is 9.45. The summed E-state index contributed by atoms with van der Waals surface area (Å²) in [6.07, 6.45) is 2.97. The highest BCUT2D eigenvalue weighted by Gasteiger charge is 2.58. The van der Waals surface area contributed by atoms with E-state index >= 15 is 0 Å². The zero-order valence-electron chi connectivity index (χ0n) is 12.5. The second kappa shape index (κ2) is 5.95. The zero-order valence-corrected chi connectivity index (χ0v) is 12.5. The van der Waals surface area contributed by atoms with E-state index in [-0.39, 0.29) is 29.8 Å². The van der Waals surface area contributed by atoms with Crippen LogP contribution in [0.5, 0.6) is 0 Å². The van der Waals surface area contributed by atoms with Crippen LogP contribution in [-0.4, -0.2) is 18.6 Å². The topological polar surface area (TPSA) is 55.7 Å². The molecule has 0 N–H and O–H groups in total. The maximum absolute atomic E-state index is 11.2. The second-order valence-corrected chi connectivity index (χ2v) is 6.49. The predicted molar refractivity (Wildman–Crippen MR) is 76.7 cm³/mol. The summed E-state index contributed by atoms with van der Waals surface area (Å²) in [4.78, 5) is 22.3. The maximum Gasteiger partial charge on any atom is 0.317 e. The Morgan fingerprint density at radius 2 is 2.10 bits per heavy atom. The van der Waals surface area contributed by atoms with E-state index in [1.54, 1.807) is 6.92 Å². The van der Waals surface area contributed by atoms with Gasteiger partial charge in [-0.15, -0.1) is 5.92 Å². The summed E-state index contributed by atoms with van der Waals surface area (Å²) < 4.78 is 4.82. The first-order valence-electron chi connectivity index (χ1n) is 7.44. The van der Waals surface area contributed by atoms with Crippen LogP contribution in [0, 0.1) is 39.9 Å². The van der Waals surface area contributed by atoms with E-state index in [1.807, 2.05) is 0 Å². The van der Waals surface area contributed by atoms with Crippen molar-refractivity contribution >= 4 is 5.97 Å². The van der Waals surface area contributed by atoms with Gasteiger partial charge < -0.3 is 4.74 Å². The summed E-state index contributed by atoms with van der Waals surface area (Å²) in [7, 11) is 0. The molecule has 20 heavy (non-hydrogen) atoms. The molecule has 3 aliphatic rings. The average molecular weight is 277 g/mol. The molecule has 3 fully saturated rings. The zero-order chi connectivity index (χ0) is 14.8. The fourth-order valence-electron chi connectivity index (χ4n) is 3.78. The molecule has 0 aromatic heterocycles. The van der Waals surface area contributed by atoms with Gasteiger partial charge in [0.1, 0.15) is 6.42 Å². The molecule has 3 aliphatic carbocycles. The van der Waals surface area contributed by atoms with Crippen molar-refractivity contribution in [1.82, 2.24) is 0 Å². The van der Waals surface area contributed by atoms with E-state index in [4.69, 9.17) is 4.74 Å². The number of fused-ring (bicyclic) bond motifs is 2. The van der Waals surface area contributed by atoms with Crippen molar-refractivity contribution < 1.29 is 9.53 Å². The Labute approximate surface area is 120 Å². The minimum atomic E-state index is -0.280. The van der Waals surface area contributed by atoms with Crippen LogP contribution < -0.4 is 0 Å². The van der Waals surface area contributed by atoms with Gasteiger partial charge in [-0.05, 0) is 42.9 Å². The molecule has 4 heteroatoms. The van der Waals surface area contributed by atoms with E-state index in [0.29, 0.717) is 24.9 Å². The minimum Gasteiger partial charge on any atom is -0.465 e. The van der Waals surface area contributed by atoms with Gasteiger partial charge in [-0.25, -0.2) is 0 Å². The van der Waals surface area contributed by atoms with E-state index in [2.05, 4.69) is 30.9 Å². The van der Waals surface area contributed by atoms with E-state index in [9.17, 15) is 9.70 Å². The number of ether oxygens (including phenoxy) is 1. The molecule has 0 aromatic carbocycles. The molecule has 110 valence electrons. The molecule has 2 bridgehead atoms. The predicted octanol–water partition coefficient (Wildman–Crippen LogP) is 3.15. The Balaban J connectivity index is 1.87. The SMILES string of the molecule is CCOC(=O)CC#CCC1CC2CC(C1N=O)C2(C)C. The Bertz CT molecular complexity index is 446. The number of carbonyl (C=O) groups is 1. The van der Waals surface area contributed by atoms with Crippen LogP contribution >= 0.6 is 0 Å². The number of hydrogen-bond donors (Lipinski definition) is 0. The van der Waals surface area contributed by atoms with Gasteiger partial charge in [-0.2, -0.15) is 4.91 Å². The molecule has 0 amide bonds. The molecule has 0 aliphatic heterocycles. The third-order valence-electron chi connectivity index (χ3n) is 5.18. The first-order chi connectivity index (χ1) is 9.50. The lowest BCUT2D eigenvalue weighted by molar-refractivity contribution is -0.141. The fourth-order valence-corrected chi connectivity index (χ4v) is 3.78. The van der Waals surface area contributed by atoms with E-state index < -0.39 is 0 Å². The van der Waals surface area contributed by atoms with Crippen molar-refractivity contribution in [3.05, 3.63) is 4.91 Å². The monoisotopic (exact) mass is 277 g/mol. The van der Waals surface area contributed by atoms with Crippen molar-refractivity contribution in [2.24, 2.45) is 28.3 Å². The van der Waals surface area contributed by atoms with Crippen molar-refractivity contribution in [2.75, 3.05) is 6.61 Å². The molecule has 3 saturated carbocycles. The largest absolute Gasteiger partial charge is 0.465 e. The molecule has 4 atom stereocenters. The highest BCUT2D eigenvalue weighted by molar-refractivity contribution is 5.72. The van der Waals surface area contributed by atoms with Crippen molar-refractivity contribution in [3.8, 4) is 11.8 Å². The van der Waals surface area contributed by atoms with Crippen LogP contribution in [0.25, 0.3) is 0 Å². The van der Waals surface area contributed by atoms with Gasteiger partial charge in [-0.3, -0.25) is 4.79 Å². The van der Waals surface area contributed by atoms with Crippen LogP contribution in [0.3, 0.4) is 0 Å². The van der Waals surface area contributed by atoms with Gasteiger partial charge in [0.15, 0.2) is 0 Å². The molecule has 0 heterocycles. The lowest BCUT2D eigenvalue weighted by Crippen LogP contribution is -2.57. The molecular weight excluding hydrogens is 254 g/mol. The smallest absolute Gasteiger partial charge is 0.317 e. The summed E-state index contributed by atoms with van der Waals surface area (Å²) in [5, 5.41) is 3.38. The van der Waals surface area contributed by atoms with E-state index in [1.165, 1.54) is 0 Å². The standard InChI is InChI=1S/C16H23NO3/c1-4-20-14(18)8-6-5-7-11-9-12-10-13(15(11)17-19)16(12,2)3/h11-13,15H,4,7-10H2,1-3H3. The van der Waals surface area contributed by atoms with Gasteiger partial charge in [0.05, 0.1) is 12.6 Å². The molecule has 3 rings (SSSR count). The van der Waals surface area contributed by atoms with E-state index in [0.717, 1.165) is 12.8 Å². The molecule has 4 nitrogen and oxygen atoms in total. The molecule has 0 saturated heterocycles. The Kier molecular flexibility index (Phi) is 4.47. The van der Waals surface area contributed by atoms with Crippen LogP contribution in [0.15, 0.2) is 5.18 Å². The molecule has 0 spiro atoms. The van der Waals surface area contributed by atoms with Crippen molar-refractivity contribution in [1.29, 1.82) is 0 Å². The molecule has 0 radical (unpaired) electrons. The summed E-state index contributed by atoms with van der Waals surface area (Å²) in [6, 6.07) is -0.105. The number of rotatable bonds is 4. The maximum atomic E-state index is 11.2. The number of esters is 1. The summed E-state index contributed by atoms with van der Waals surface area (Å²) in [5.74, 6) is 6.96. The number of nitroso groups, excluding NO2 is 1. The second-order valence-electron chi connectivity index (χ2n) is 6.49. The van der Waals surface area contributed by atoms with Crippen molar-refractivity contribution in [3.63, 3.8) is 0 Å². The van der Waals surface area contributed by atoms with Crippen LogP contribution in [0.1, 0.15) is 46.5 Å². The average Bonchev–Trinajstić information content (AvgIpc) is 2.43. The first-order valence-corrected chi connectivity index (χ1v) is 7.44. The third-order valence-corrected chi connectivity index (χ3v) is 5.18. The van der Waals surface area contributed by atoms with Crippen LogP contribution in [0.2, 0.25) is 0 Å². The number of carbonyl (C=O) groups excluding carboxylic acids is 1. The minimum absolute atomic E-state index is 0.105.